The highest BCUT2D eigenvalue weighted by Gasteiger charge is 2.44. The summed E-state index contributed by atoms with van der Waals surface area (Å²) in [4.78, 5) is 26.3. The number of halogens is 2. The monoisotopic (exact) mass is 470 g/mol. The number of rotatable bonds is 3. The number of hydrogen-bond acceptors (Lipinski definition) is 4. The zero-order chi connectivity index (χ0) is 24.1. The fourth-order valence-corrected chi connectivity index (χ4v) is 5.27. The van der Waals surface area contributed by atoms with Crippen LogP contribution in [0.15, 0.2) is 66.9 Å². The van der Waals surface area contributed by atoms with Crippen LogP contribution >= 0.6 is 0 Å². The molecule has 0 unspecified atom stereocenters. The number of carbonyl (C=O) groups is 1. The molecule has 7 heteroatoms. The maximum atomic E-state index is 14.3. The Hall–Kier alpha value is -3.87. The Morgan fingerprint density at radius 1 is 1.03 bits per heavy atom. The molecule has 2 atom stereocenters. The number of piperidine rings is 1. The van der Waals surface area contributed by atoms with E-state index in [0.717, 1.165) is 35.7 Å². The second-order valence-electron chi connectivity index (χ2n) is 9.39. The fraction of sp³-hybridized carbons (Fsp3) is 0.250. The SMILES string of the molecule is Cc1ccc(-c2ccccc2)c(C(=O)N2CC[C@H]3CN(c4cnc5ccc(F)c(F)c5n4)[C@H]3C2)c1. The van der Waals surface area contributed by atoms with Gasteiger partial charge < -0.3 is 9.80 Å². The minimum Gasteiger partial charge on any atom is -0.350 e. The Morgan fingerprint density at radius 2 is 1.86 bits per heavy atom. The van der Waals surface area contributed by atoms with Crippen molar-refractivity contribution in [3.8, 4) is 11.1 Å². The van der Waals surface area contributed by atoms with Gasteiger partial charge in [0.05, 0.1) is 17.8 Å². The van der Waals surface area contributed by atoms with Gasteiger partial charge in [0.2, 0.25) is 0 Å². The van der Waals surface area contributed by atoms with E-state index < -0.39 is 11.6 Å². The van der Waals surface area contributed by atoms with Crippen LogP contribution in [0.1, 0.15) is 22.3 Å². The third-order valence-electron chi connectivity index (χ3n) is 7.22. The molecule has 3 heterocycles. The van der Waals surface area contributed by atoms with Crippen molar-refractivity contribution in [2.45, 2.75) is 19.4 Å². The van der Waals surface area contributed by atoms with Crippen molar-refractivity contribution in [1.82, 2.24) is 14.9 Å². The van der Waals surface area contributed by atoms with Crippen LogP contribution < -0.4 is 4.90 Å². The molecule has 1 aromatic heterocycles. The first kappa shape index (κ1) is 21.6. The van der Waals surface area contributed by atoms with Gasteiger partial charge in [-0.25, -0.2) is 13.8 Å². The molecule has 5 nitrogen and oxygen atoms in total. The first-order valence-corrected chi connectivity index (χ1v) is 11.8. The van der Waals surface area contributed by atoms with E-state index in [1.165, 1.54) is 6.07 Å². The van der Waals surface area contributed by atoms with Crippen LogP contribution in [0.3, 0.4) is 0 Å². The molecule has 0 N–H and O–H groups in total. The number of nitrogens with zero attached hydrogens (tertiary/aromatic N) is 4. The minimum absolute atomic E-state index is 0.00978. The summed E-state index contributed by atoms with van der Waals surface area (Å²) < 4.78 is 28.0. The molecular formula is C28H24F2N4O. The molecule has 0 saturated carbocycles. The van der Waals surface area contributed by atoms with E-state index in [-0.39, 0.29) is 17.5 Å². The number of anilines is 1. The Labute approximate surface area is 202 Å². The number of likely N-dealkylation sites (tertiary alicyclic amines) is 1. The van der Waals surface area contributed by atoms with E-state index in [4.69, 9.17) is 0 Å². The van der Waals surface area contributed by atoms with E-state index in [2.05, 4.69) is 14.9 Å². The largest absolute Gasteiger partial charge is 0.350 e. The van der Waals surface area contributed by atoms with Crippen LogP contribution in [0.25, 0.3) is 22.2 Å². The predicted octanol–water partition coefficient (Wildman–Crippen LogP) is 5.23. The molecule has 176 valence electrons. The summed E-state index contributed by atoms with van der Waals surface area (Å²) in [6.07, 6.45) is 2.49. The zero-order valence-corrected chi connectivity index (χ0v) is 19.3. The van der Waals surface area contributed by atoms with Gasteiger partial charge in [0.25, 0.3) is 5.91 Å². The minimum atomic E-state index is -0.984. The summed E-state index contributed by atoms with van der Waals surface area (Å²) >= 11 is 0. The average Bonchev–Trinajstić information content (AvgIpc) is 2.87. The van der Waals surface area contributed by atoms with Crippen LogP contribution in [0.4, 0.5) is 14.6 Å². The molecule has 3 aromatic carbocycles. The number of aryl methyl sites for hydroxylation is 1. The van der Waals surface area contributed by atoms with Gasteiger partial charge >= 0.3 is 0 Å². The molecule has 1 amide bonds. The van der Waals surface area contributed by atoms with Gasteiger partial charge in [-0.2, -0.15) is 0 Å². The third kappa shape index (κ3) is 3.71. The zero-order valence-electron chi connectivity index (χ0n) is 19.3. The Balaban J connectivity index is 1.27. The highest BCUT2D eigenvalue weighted by molar-refractivity contribution is 6.01. The summed E-state index contributed by atoms with van der Waals surface area (Å²) in [5.41, 5.74) is 3.92. The Kier molecular flexibility index (Phi) is 5.20. The van der Waals surface area contributed by atoms with Crippen molar-refractivity contribution in [3.63, 3.8) is 0 Å². The summed E-state index contributed by atoms with van der Waals surface area (Å²) in [5.74, 6) is -0.969. The molecule has 0 aliphatic carbocycles. The number of hydrogen-bond donors (Lipinski definition) is 0. The van der Waals surface area contributed by atoms with Crippen LogP contribution in [-0.2, 0) is 0 Å². The molecule has 6 rings (SSSR count). The van der Waals surface area contributed by atoms with E-state index in [1.807, 2.05) is 60.4 Å². The van der Waals surface area contributed by atoms with Gasteiger partial charge in [-0.15, -0.1) is 0 Å². The lowest BCUT2D eigenvalue weighted by Gasteiger charge is -2.54. The third-order valence-corrected chi connectivity index (χ3v) is 7.22. The van der Waals surface area contributed by atoms with E-state index in [0.29, 0.717) is 35.9 Å². The number of aromatic nitrogens is 2. The van der Waals surface area contributed by atoms with Gasteiger partial charge in [-0.05, 0) is 42.7 Å². The lowest BCUT2D eigenvalue weighted by Crippen LogP contribution is -2.65. The first-order chi connectivity index (χ1) is 17.0. The second-order valence-corrected chi connectivity index (χ2v) is 9.39. The van der Waals surface area contributed by atoms with Crippen LogP contribution in [0.2, 0.25) is 0 Å². The van der Waals surface area contributed by atoms with Gasteiger partial charge in [0, 0.05) is 31.1 Å². The molecule has 4 aromatic rings. The summed E-state index contributed by atoms with van der Waals surface area (Å²) in [6.45, 7) is 4.01. The van der Waals surface area contributed by atoms with Gasteiger partial charge in [0.15, 0.2) is 11.6 Å². The van der Waals surface area contributed by atoms with Crippen LogP contribution in [0.5, 0.6) is 0 Å². The Bertz CT molecular complexity index is 1440. The summed E-state index contributed by atoms with van der Waals surface area (Å²) in [7, 11) is 0. The lowest BCUT2D eigenvalue weighted by molar-refractivity contribution is 0.0592. The van der Waals surface area contributed by atoms with E-state index in [1.54, 1.807) is 6.20 Å². The summed E-state index contributed by atoms with van der Waals surface area (Å²) in [5, 5.41) is 0. The highest BCUT2D eigenvalue weighted by Crippen LogP contribution is 2.37. The van der Waals surface area contributed by atoms with Crippen molar-refractivity contribution in [2.24, 2.45) is 5.92 Å². The van der Waals surface area contributed by atoms with Crippen molar-refractivity contribution in [2.75, 3.05) is 24.5 Å². The number of fused-ring (bicyclic) bond motifs is 2. The van der Waals surface area contributed by atoms with E-state index in [9.17, 15) is 13.6 Å². The summed E-state index contributed by atoms with van der Waals surface area (Å²) in [6, 6.07) is 18.5. The molecule has 2 aliphatic rings. The molecule has 0 radical (unpaired) electrons. The predicted molar refractivity (Wildman–Crippen MR) is 131 cm³/mol. The molecule has 35 heavy (non-hydrogen) atoms. The van der Waals surface area contributed by atoms with Crippen molar-refractivity contribution in [3.05, 3.63) is 89.6 Å². The highest BCUT2D eigenvalue weighted by atomic mass is 19.2. The topological polar surface area (TPSA) is 49.3 Å². The van der Waals surface area contributed by atoms with Crippen molar-refractivity contribution < 1.29 is 13.6 Å². The second kappa shape index (κ2) is 8.41. The number of carbonyl (C=O) groups excluding carboxylic acids is 1. The first-order valence-electron chi connectivity index (χ1n) is 11.8. The maximum absolute atomic E-state index is 14.3. The van der Waals surface area contributed by atoms with Crippen molar-refractivity contribution >= 4 is 22.8 Å². The number of benzene rings is 3. The average molecular weight is 471 g/mol. The molecule has 0 spiro atoms. The number of amides is 1. The molecule has 2 aliphatic heterocycles. The molecule has 0 bridgehead atoms. The van der Waals surface area contributed by atoms with Gasteiger partial charge in [0.1, 0.15) is 11.3 Å². The lowest BCUT2D eigenvalue weighted by atomic mass is 9.82. The standard InChI is InChI=1S/C28H24F2N4O/c1-17-7-8-20(18-5-3-2-4-6-18)21(13-17)28(35)33-12-11-19-15-34(24(19)16-33)25-14-31-23-10-9-22(29)26(30)27(23)32-25/h2-10,13-14,19,24H,11-12,15-16H2,1H3/t19-,24-/m0/s1. The fourth-order valence-electron chi connectivity index (χ4n) is 5.27. The quantitative estimate of drug-likeness (QED) is 0.411. The maximum Gasteiger partial charge on any atom is 0.254 e. The normalized spacial score (nSPS) is 19.4. The Morgan fingerprint density at radius 3 is 2.69 bits per heavy atom. The van der Waals surface area contributed by atoms with Crippen molar-refractivity contribution in [1.29, 1.82) is 0 Å². The molecular weight excluding hydrogens is 446 g/mol. The van der Waals surface area contributed by atoms with Crippen LogP contribution in [0, 0.1) is 24.5 Å². The van der Waals surface area contributed by atoms with Crippen LogP contribution in [-0.4, -0.2) is 46.5 Å². The van der Waals surface area contributed by atoms with Gasteiger partial charge in [-0.1, -0.05) is 48.0 Å². The van der Waals surface area contributed by atoms with Gasteiger partial charge in [-0.3, -0.25) is 9.78 Å². The molecule has 2 saturated heterocycles. The van der Waals surface area contributed by atoms with E-state index >= 15 is 0 Å². The smallest absolute Gasteiger partial charge is 0.254 e. The molecule has 2 fully saturated rings.